The number of likely N-dealkylation sites (tertiary alicyclic amines) is 1. The van der Waals surface area contributed by atoms with Crippen molar-refractivity contribution < 1.29 is 9.53 Å². The van der Waals surface area contributed by atoms with E-state index in [0.29, 0.717) is 19.1 Å². The summed E-state index contributed by atoms with van der Waals surface area (Å²) in [4.78, 5) is 23.0. The highest BCUT2D eigenvalue weighted by molar-refractivity contribution is 7.08. The van der Waals surface area contributed by atoms with E-state index >= 15 is 0 Å². The Labute approximate surface area is 144 Å². The van der Waals surface area contributed by atoms with Crippen LogP contribution in [0.15, 0.2) is 35.3 Å². The maximum Gasteiger partial charge on any atom is 0.254 e. The number of hydrogen-bond acceptors (Lipinski definition) is 6. The second-order valence-corrected chi connectivity index (χ2v) is 7.23. The topological polar surface area (TPSA) is 67.4 Å². The number of thiophene rings is 1. The standard InChI is InChI=1S/C17H20N4O2S/c22-15(13-3-8-24-11-13)21-7-1-4-17(12-21)9-14(10-23-17)20-16-18-5-2-6-19-16/h2-3,5-6,8,11,14H,1,4,7,9-10,12H2,(H,18,19,20)/t14-,17+/m1/s1. The van der Waals surface area contributed by atoms with Gasteiger partial charge in [0.15, 0.2) is 0 Å². The lowest BCUT2D eigenvalue weighted by Crippen LogP contribution is -2.50. The largest absolute Gasteiger partial charge is 0.371 e. The molecule has 4 heterocycles. The number of rotatable bonds is 3. The zero-order chi connectivity index (χ0) is 16.4. The fraction of sp³-hybridized carbons (Fsp3) is 0.471. The van der Waals surface area contributed by atoms with Crippen molar-refractivity contribution in [3.05, 3.63) is 40.8 Å². The summed E-state index contributed by atoms with van der Waals surface area (Å²) >= 11 is 1.55. The molecule has 7 heteroatoms. The van der Waals surface area contributed by atoms with Crippen LogP contribution in [0.4, 0.5) is 5.95 Å². The predicted octanol–water partition coefficient (Wildman–Crippen LogP) is 2.41. The Morgan fingerprint density at radius 3 is 3.08 bits per heavy atom. The summed E-state index contributed by atoms with van der Waals surface area (Å²) < 4.78 is 6.15. The molecule has 4 rings (SSSR count). The van der Waals surface area contributed by atoms with Crippen LogP contribution in [-0.2, 0) is 4.74 Å². The van der Waals surface area contributed by atoms with Crippen molar-refractivity contribution in [2.24, 2.45) is 0 Å². The highest BCUT2D eigenvalue weighted by Gasteiger charge is 2.44. The number of nitrogens with zero attached hydrogens (tertiary/aromatic N) is 3. The van der Waals surface area contributed by atoms with Crippen molar-refractivity contribution in [2.45, 2.75) is 30.9 Å². The third-order valence-electron chi connectivity index (χ3n) is 4.70. The van der Waals surface area contributed by atoms with Crippen LogP contribution in [0.2, 0.25) is 0 Å². The number of hydrogen-bond donors (Lipinski definition) is 1. The first-order chi connectivity index (χ1) is 11.7. The molecule has 2 aliphatic rings. The number of carbonyl (C=O) groups is 1. The Hall–Kier alpha value is -1.99. The van der Waals surface area contributed by atoms with Gasteiger partial charge in [0.1, 0.15) is 0 Å². The summed E-state index contributed by atoms with van der Waals surface area (Å²) in [5, 5.41) is 7.19. The van der Waals surface area contributed by atoms with Crippen molar-refractivity contribution in [1.82, 2.24) is 14.9 Å². The lowest BCUT2D eigenvalue weighted by molar-refractivity contribution is -0.0447. The van der Waals surface area contributed by atoms with Crippen LogP contribution in [-0.4, -0.2) is 52.1 Å². The second kappa shape index (κ2) is 6.49. The van der Waals surface area contributed by atoms with Crippen LogP contribution in [0.5, 0.6) is 0 Å². The molecule has 1 spiro atoms. The van der Waals surface area contributed by atoms with Crippen molar-refractivity contribution in [2.75, 3.05) is 25.0 Å². The third-order valence-corrected chi connectivity index (χ3v) is 5.39. The summed E-state index contributed by atoms with van der Waals surface area (Å²) in [6.45, 7) is 2.09. The number of carbonyl (C=O) groups excluding carboxylic acids is 1. The van der Waals surface area contributed by atoms with E-state index in [2.05, 4.69) is 15.3 Å². The van der Waals surface area contributed by atoms with Crippen LogP contribution in [0, 0.1) is 0 Å². The summed E-state index contributed by atoms with van der Waals surface area (Å²) in [5.74, 6) is 0.742. The average Bonchev–Trinajstić information content (AvgIpc) is 3.26. The first-order valence-corrected chi connectivity index (χ1v) is 9.17. The van der Waals surface area contributed by atoms with Gasteiger partial charge >= 0.3 is 0 Å². The van der Waals surface area contributed by atoms with E-state index in [1.165, 1.54) is 0 Å². The lowest BCUT2D eigenvalue weighted by Gasteiger charge is -2.39. The first kappa shape index (κ1) is 15.5. The molecule has 2 saturated heterocycles. The van der Waals surface area contributed by atoms with Crippen LogP contribution in [0.25, 0.3) is 0 Å². The molecule has 2 aromatic heterocycles. The molecule has 0 aliphatic carbocycles. The Kier molecular flexibility index (Phi) is 4.20. The molecule has 0 saturated carbocycles. The van der Waals surface area contributed by atoms with Crippen LogP contribution >= 0.6 is 11.3 Å². The van der Waals surface area contributed by atoms with Crippen molar-refractivity contribution in [1.29, 1.82) is 0 Å². The van der Waals surface area contributed by atoms with E-state index in [1.807, 2.05) is 21.7 Å². The zero-order valence-corrected chi connectivity index (χ0v) is 14.2. The molecular weight excluding hydrogens is 324 g/mol. The molecule has 24 heavy (non-hydrogen) atoms. The number of amides is 1. The Bertz CT molecular complexity index is 694. The fourth-order valence-corrected chi connectivity index (χ4v) is 4.25. The molecule has 2 aliphatic heterocycles. The maximum atomic E-state index is 12.6. The summed E-state index contributed by atoms with van der Waals surface area (Å²) in [7, 11) is 0. The minimum absolute atomic E-state index is 0.113. The van der Waals surface area contributed by atoms with Gasteiger partial charge in [-0.3, -0.25) is 4.79 Å². The average molecular weight is 344 g/mol. The molecule has 2 atom stereocenters. The van der Waals surface area contributed by atoms with Crippen LogP contribution in [0.3, 0.4) is 0 Å². The van der Waals surface area contributed by atoms with Crippen LogP contribution < -0.4 is 5.32 Å². The van der Waals surface area contributed by atoms with E-state index in [4.69, 9.17) is 4.74 Å². The number of nitrogens with one attached hydrogen (secondary N) is 1. The maximum absolute atomic E-state index is 12.6. The minimum atomic E-state index is -0.240. The second-order valence-electron chi connectivity index (χ2n) is 6.45. The molecule has 2 fully saturated rings. The normalized spacial score (nSPS) is 26.7. The summed E-state index contributed by atoms with van der Waals surface area (Å²) in [5.41, 5.74) is 0.540. The highest BCUT2D eigenvalue weighted by atomic mass is 32.1. The number of piperidine rings is 1. The summed E-state index contributed by atoms with van der Waals surface area (Å²) in [6.07, 6.45) is 6.29. The SMILES string of the molecule is O=C(c1ccsc1)N1CCC[C@]2(C[C@@H](Nc3ncccn3)CO2)C1. The number of anilines is 1. The molecule has 126 valence electrons. The number of aromatic nitrogens is 2. The van der Waals surface area contributed by atoms with E-state index < -0.39 is 0 Å². The van der Waals surface area contributed by atoms with E-state index in [-0.39, 0.29) is 17.6 Å². The third kappa shape index (κ3) is 3.14. The van der Waals surface area contributed by atoms with E-state index in [9.17, 15) is 4.79 Å². The fourth-order valence-electron chi connectivity index (χ4n) is 3.62. The Morgan fingerprint density at radius 1 is 1.42 bits per heavy atom. The van der Waals surface area contributed by atoms with Gasteiger partial charge in [-0.05, 0) is 30.4 Å². The van der Waals surface area contributed by atoms with Gasteiger partial charge in [-0.25, -0.2) is 9.97 Å². The van der Waals surface area contributed by atoms with Crippen molar-refractivity contribution in [3.8, 4) is 0 Å². The minimum Gasteiger partial charge on any atom is -0.371 e. The molecule has 0 radical (unpaired) electrons. The highest BCUT2D eigenvalue weighted by Crippen LogP contribution is 2.36. The molecule has 0 aromatic carbocycles. The van der Waals surface area contributed by atoms with E-state index in [1.54, 1.807) is 29.8 Å². The van der Waals surface area contributed by atoms with Gasteiger partial charge in [-0.15, -0.1) is 0 Å². The molecule has 1 N–H and O–H groups in total. The Balaban J connectivity index is 1.41. The van der Waals surface area contributed by atoms with Gasteiger partial charge in [-0.1, -0.05) is 0 Å². The lowest BCUT2D eigenvalue weighted by atomic mass is 9.88. The van der Waals surface area contributed by atoms with Crippen LogP contribution in [0.1, 0.15) is 29.6 Å². The van der Waals surface area contributed by atoms with Gasteiger partial charge in [0.05, 0.1) is 30.4 Å². The van der Waals surface area contributed by atoms with Gasteiger partial charge < -0.3 is 15.0 Å². The molecular formula is C17H20N4O2S. The van der Waals surface area contributed by atoms with Gasteiger partial charge in [-0.2, -0.15) is 11.3 Å². The zero-order valence-electron chi connectivity index (χ0n) is 13.4. The van der Waals surface area contributed by atoms with Gasteiger partial charge in [0, 0.05) is 30.7 Å². The summed E-state index contributed by atoms with van der Waals surface area (Å²) in [6, 6.07) is 3.87. The molecule has 0 bridgehead atoms. The molecule has 6 nitrogen and oxygen atoms in total. The van der Waals surface area contributed by atoms with Crippen molar-refractivity contribution >= 4 is 23.2 Å². The quantitative estimate of drug-likeness (QED) is 0.926. The Morgan fingerprint density at radius 2 is 2.29 bits per heavy atom. The first-order valence-electron chi connectivity index (χ1n) is 8.23. The van der Waals surface area contributed by atoms with Crippen molar-refractivity contribution in [3.63, 3.8) is 0 Å². The van der Waals surface area contributed by atoms with Gasteiger partial charge in [0.25, 0.3) is 5.91 Å². The monoisotopic (exact) mass is 344 g/mol. The smallest absolute Gasteiger partial charge is 0.254 e. The van der Waals surface area contributed by atoms with Gasteiger partial charge in [0.2, 0.25) is 5.95 Å². The molecule has 0 unspecified atom stereocenters. The number of ether oxygens (including phenoxy) is 1. The molecule has 2 aromatic rings. The van der Waals surface area contributed by atoms with E-state index in [0.717, 1.165) is 31.4 Å². The predicted molar refractivity (Wildman–Crippen MR) is 92.2 cm³/mol. The molecule has 1 amide bonds.